The summed E-state index contributed by atoms with van der Waals surface area (Å²) < 4.78 is 1.83. The highest BCUT2D eigenvalue weighted by atomic mass is 35.5. The van der Waals surface area contributed by atoms with Crippen LogP contribution in [0.25, 0.3) is 5.69 Å². The topological polar surface area (TPSA) is 17.8 Å². The Morgan fingerprint density at radius 2 is 2.06 bits per heavy atom. The van der Waals surface area contributed by atoms with Gasteiger partial charge in [-0.1, -0.05) is 31.5 Å². The van der Waals surface area contributed by atoms with E-state index >= 15 is 0 Å². The first kappa shape index (κ1) is 12.5. The molecule has 4 heteroatoms. The molecule has 0 saturated carbocycles. The minimum atomic E-state index is 0.412. The zero-order valence-corrected chi connectivity index (χ0v) is 11.3. The lowest BCUT2D eigenvalue weighted by atomic mass is 10.1. The van der Waals surface area contributed by atoms with Crippen LogP contribution < -0.4 is 0 Å². The largest absolute Gasteiger partial charge is 0.240 e. The number of halogens is 2. The molecule has 1 aromatic carbocycles. The molecule has 0 aliphatic heterocycles. The summed E-state index contributed by atoms with van der Waals surface area (Å²) in [5.74, 6) is 0.860. The fourth-order valence-electron chi connectivity index (χ4n) is 1.64. The quantitative estimate of drug-likeness (QED) is 0.756. The van der Waals surface area contributed by atoms with Gasteiger partial charge in [0.15, 0.2) is 0 Å². The van der Waals surface area contributed by atoms with Gasteiger partial charge in [0.25, 0.3) is 0 Å². The maximum Gasteiger partial charge on any atom is 0.0704 e. The Labute approximate surface area is 111 Å². The number of hydrogen-bond donors (Lipinski definition) is 0. The molecule has 0 fully saturated rings. The second-order valence-corrected chi connectivity index (χ2v) is 4.95. The van der Waals surface area contributed by atoms with Crippen LogP contribution in [0.1, 0.15) is 31.0 Å². The highest BCUT2D eigenvalue weighted by Crippen LogP contribution is 2.22. The van der Waals surface area contributed by atoms with E-state index in [1.807, 2.05) is 35.1 Å². The Hall–Kier alpha value is -0.990. The van der Waals surface area contributed by atoms with Crippen molar-refractivity contribution in [2.75, 3.05) is 0 Å². The van der Waals surface area contributed by atoms with E-state index in [0.29, 0.717) is 16.8 Å². The maximum atomic E-state index is 6.01. The van der Waals surface area contributed by atoms with Crippen LogP contribution in [0.2, 0.25) is 5.02 Å². The van der Waals surface area contributed by atoms with Crippen LogP contribution >= 0.6 is 23.2 Å². The SMILES string of the molecule is CC(C)c1ccn(-c2cc(Cl)ccc2CCl)n1. The van der Waals surface area contributed by atoms with Crippen molar-refractivity contribution >= 4 is 23.2 Å². The number of rotatable bonds is 3. The Morgan fingerprint density at radius 3 is 2.65 bits per heavy atom. The number of alkyl halides is 1. The molecule has 17 heavy (non-hydrogen) atoms. The average Bonchev–Trinajstić information content (AvgIpc) is 2.78. The summed E-state index contributed by atoms with van der Waals surface area (Å²) >= 11 is 11.9. The molecule has 2 nitrogen and oxygen atoms in total. The molecule has 0 aliphatic carbocycles. The van der Waals surface area contributed by atoms with Gasteiger partial charge in [0, 0.05) is 17.1 Å². The molecule has 1 aromatic heterocycles. The molecule has 0 aliphatic rings. The van der Waals surface area contributed by atoms with Crippen LogP contribution in [0.15, 0.2) is 30.5 Å². The molecular weight excluding hydrogens is 255 g/mol. The summed E-state index contributed by atoms with van der Waals surface area (Å²) in [5, 5.41) is 5.22. The number of aromatic nitrogens is 2. The van der Waals surface area contributed by atoms with E-state index in [0.717, 1.165) is 16.9 Å². The van der Waals surface area contributed by atoms with Gasteiger partial charge in [-0.25, -0.2) is 4.68 Å². The second kappa shape index (κ2) is 5.11. The molecule has 0 bridgehead atoms. The molecule has 0 atom stereocenters. The molecule has 2 rings (SSSR count). The van der Waals surface area contributed by atoms with E-state index in [1.165, 1.54) is 0 Å². The predicted molar refractivity (Wildman–Crippen MR) is 72.2 cm³/mol. The summed E-state index contributed by atoms with van der Waals surface area (Å²) in [4.78, 5) is 0. The Morgan fingerprint density at radius 1 is 1.29 bits per heavy atom. The highest BCUT2D eigenvalue weighted by Gasteiger charge is 2.08. The summed E-state index contributed by atoms with van der Waals surface area (Å²) in [5.41, 5.74) is 3.03. The van der Waals surface area contributed by atoms with Gasteiger partial charge >= 0.3 is 0 Å². The van der Waals surface area contributed by atoms with Crippen molar-refractivity contribution in [3.05, 3.63) is 46.7 Å². The van der Waals surface area contributed by atoms with E-state index in [9.17, 15) is 0 Å². The molecular formula is C13H14Cl2N2. The van der Waals surface area contributed by atoms with Crippen molar-refractivity contribution in [3.8, 4) is 5.69 Å². The van der Waals surface area contributed by atoms with E-state index < -0.39 is 0 Å². The van der Waals surface area contributed by atoms with Crippen LogP contribution in [0.3, 0.4) is 0 Å². The normalized spacial score (nSPS) is 11.1. The van der Waals surface area contributed by atoms with Crippen molar-refractivity contribution in [3.63, 3.8) is 0 Å². The molecule has 0 spiro atoms. The number of benzene rings is 1. The zero-order valence-electron chi connectivity index (χ0n) is 9.82. The van der Waals surface area contributed by atoms with E-state index in [1.54, 1.807) is 0 Å². The average molecular weight is 269 g/mol. The first-order valence-electron chi connectivity index (χ1n) is 5.52. The minimum Gasteiger partial charge on any atom is -0.240 e. The van der Waals surface area contributed by atoms with Crippen molar-refractivity contribution in [2.45, 2.75) is 25.6 Å². The molecule has 1 heterocycles. The fraction of sp³-hybridized carbons (Fsp3) is 0.308. The monoisotopic (exact) mass is 268 g/mol. The number of nitrogens with zero attached hydrogens (tertiary/aromatic N) is 2. The molecule has 90 valence electrons. The van der Waals surface area contributed by atoms with Crippen molar-refractivity contribution in [2.24, 2.45) is 0 Å². The lowest BCUT2D eigenvalue weighted by Crippen LogP contribution is -2.00. The minimum absolute atomic E-state index is 0.412. The van der Waals surface area contributed by atoms with Gasteiger partial charge in [-0.15, -0.1) is 11.6 Å². The van der Waals surface area contributed by atoms with Gasteiger partial charge in [0.05, 0.1) is 11.4 Å². The number of hydrogen-bond acceptors (Lipinski definition) is 1. The van der Waals surface area contributed by atoms with Gasteiger partial charge in [0.2, 0.25) is 0 Å². The van der Waals surface area contributed by atoms with Crippen molar-refractivity contribution in [1.82, 2.24) is 9.78 Å². The third-order valence-electron chi connectivity index (χ3n) is 2.64. The molecule has 0 saturated heterocycles. The van der Waals surface area contributed by atoms with Crippen LogP contribution in [0.4, 0.5) is 0 Å². The lowest BCUT2D eigenvalue weighted by molar-refractivity contribution is 0.766. The highest BCUT2D eigenvalue weighted by molar-refractivity contribution is 6.30. The molecule has 0 radical (unpaired) electrons. The van der Waals surface area contributed by atoms with Gasteiger partial charge in [0.1, 0.15) is 0 Å². The van der Waals surface area contributed by atoms with Gasteiger partial charge in [-0.2, -0.15) is 5.10 Å². The van der Waals surface area contributed by atoms with Crippen molar-refractivity contribution in [1.29, 1.82) is 0 Å². The van der Waals surface area contributed by atoms with Crippen LogP contribution in [-0.4, -0.2) is 9.78 Å². The molecule has 0 amide bonds. The van der Waals surface area contributed by atoms with Crippen LogP contribution in [-0.2, 0) is 5.88 Å². The van der Waals surface area contributed by atoms with E-state index in [-0.39, 0.29) is 0 Å². The summed E-state index contributed by atoms with van der Waals surface area (Å²) in [6, 6.07) is 7.68. The molecule has 0 N–H and O–H groups in total. The Kier molecular flexibility index (Phi) is 3.75. The summed E-state index contributed by atoms with van der Waals surface area (Å²) in [6.45, 7) is 4.24. The lowest BCUT2D eigenvalue weighted by Gasteiger charge is -2.08. The van der Waals surface area contributed by atoms with Gasteiger partial charge in [-0.05, 0) is 29.7 Å². The van der Waals surface area contributed by atoms with Crippen molar-refractivity contribution < 1.29 is 0 Å². The maximum absolute atomic E-state index is 6.01. The second-order valence-electron chi connectivity index (χ2n) is 4.25. The van der Waals surface area contributed by atoms with Gasteiger partial charge < -0.3 is 0 Å². The molecule has 2 aromatic rings. The first-order valence-corrected chi connectivity index (χ1v) is 6.43. The summed E-state index contributed by atoms with van der Waals surface area (Å²) in [7, 11) is 0. The fourth-order valence-corrected chi connectivity index (χ4v) is 2.04. The zero-order chi connectivity index (χ0) is 12.4. The third-order valence-corrected chi connectivity index (χ3v) is 3.16. The standard InChI is InChI=1S/C13H14Cl2N2/c1-9(2)12-5-6-17(16-12)13-7-11(15)4-3-10(13)8-14/h3-7,9H,8H2,1-2H3. The first-order chi connectivity index (χ1) is 8.11. The third kappa shape index (κ3) is 2.64. The van der Waals surface area contributed by atoms with Crippen LogP contribution in [0, 0.1) is 0 Å². The Balaban J connectivity index is 2.47. The summed E-state index contributed by atoms with van der Waals surface area (Å²) in [6.07, 6.45) is 1.94. The Bertz CT molecular complexity index is 518. The molecule has 0 unspecified atom stereocenters. The van der Waals surface area contributed by atoms with E-state index in [4.69, 9.17) is 23.2 Å². The van der Waals surface area contributed by atoms with Gasteiger partial charge in [-0.3, -0.25) is 0 Å². The smallest absolute Gasteiger partial charge is 0.0704 e. The van der Waals surface area contributed by atoms with Crippen LogP contribution in [0.5, 0.6) is 0 Å². The predicted octanol–water partition coefficient (Wildman–Crippen LogP) is 4.39. The van der Waals surface area contributed by atoms with E-state index in [2.05, 4.69) is 18.9 Å².